The first-order chi connectivity index (χ1) is 11.3. The van der Waals surface area contributed by atoms with Crippen LogP contribution >= 0.6 is 15.9 Å². The summed E-state index contributed by atoms with van der Waals surface area (Å²) in [5, 5.41) is 0. The number of hydrogen-bond acceptors (Lipinski definition) is 5. The van der Waals surface area contributed by atoms with Gasteiger partial charge in [-0.15, -0.1) is 0 Å². The van der Waals surface area contributed by atoms with Gasteiger partial charge >= 0.3 is 0 Å². The van der Waals surface area contributed by atoms with Crippen LogP contribution < -0.4 is 4.74 Å². The Labute approximate surface area is 151 Å². The minimum Gasteiger partial charge on any atom is -0.483 e. The Balaban J connectivity index is 2.02. The summed E-state index contributed by atoms with van der Waals surface area (Å²) in [4.78, 5) is 14.1. The van der Waals surface area contributed by atoms with Gasteiger partial charge in [0.05, 0.1) is 22.6 Å². The third-order valence-corrected chi connectivity index (χ3v) is 6.31. The number of hydrogen-bond donors (Lipinski definition) is 0. The third-order valence-electron chi connectivity index (χ3n) is 3.94. The Morgan fingerprint density at radius 3 is 2.75 bits per heavy atom. The molecule has 1 amide bonds. The highest BCUT2D eigenvalue weighted by Crippen LogP contribution is 2.26. The van der Waals surface area contributed by atoms with Gasteiger partial charge in [-0.3, -0.25) is 4.79 Å². The first-order valence-corrected chi connectivity index (χ1v) is 10.3. The van der Waals surface area contributed by atoms with E-state index in [1.54, 1.807) is 18.1 Å². The lowest BCUT2D eigenvalue weighted by Gasteiger charge is -2.28. The SMILES string of the molecule is COCCN(C(=O)COc1ccc(C)cc1Br)C1CCS(=O)(=O)C1. The molecular weight excluding hydrogens is 398 g/mol. The Kier molecular flexibility index (Phi) is 6.65. The zero-order valence-corrected chi connectivity index (χ0v) is 16.2. The van der Waals surface area contributed by atoms with Crippen molar-refractivity contribution >= 4 is 31.7 Å². The summed E-state index contributed by atoms with van der Waals surface area (Å²) in [6.45, 7) is 2.54. The van der Waals surface area contributed by atoms with E-state index in [0.717, 1.165) is 10.0 Å². The molecule has 134 valence electrons. The lowest BCUT2D eigenvalue weighted by atomic mass is 10.2. The lowest BCUT2D eigenvalue weighted by Crippen LogP contribution is -2.45. The second kappa shape index (κ2) is 8.31. The number of carbonyl (C=O) groups excluding carboxylic acids is 1. The summed E-state index contributed by atoms with van der Waals surface area (Å²) >= 11 is 3.41. The monoisotopic (exact) mass is 419 g/mol. The number of carbonyl (C=O) groups is 1. The molecule has 0 bridgehead atoms. The molecule has 1 aliphatic rings. The normalized spacial score (nSPS) is 19.2. The molecule has 1 aliphatic heterocycles. The van der Waals surface area contributed by atoms with Crippen LogP contribution in [-0.4, -0.2) is 63.6 Å². The van der Waals surface area contributed by atoms with E-state index < -0.39 is 9.84 Å². The summed E-state index contributed by atoms with van der Waals surface area (Å²) < 4.78 is 34.8. The molecule has 1 heterocycles. The second-order valence-corrected chi connectivity index (χ2v) is 8.94. The number of benzene rings is 1. The van der Waals surface area contributed by atoms with Gasteiger partial charge in [0.15, 0.2) is 16.4 Å². The zero-order valence-electron chi connectivity index (χ0n) is 13.8. The van der Waals surface area contributed by atoms with E-state index in [0.29, 0.717) is 25.3 Å². The number of halogens is 1. The number of nitrogens with zero attached hydrogens (tertiary/aromatic N) is 1. The molecular formula is C16H22BrNO5S. The van der Waals surface area contributed by atoms with Crippen molar-refractivity contribution < 1.29 is 22.7 Å². The van der Waals surface area contributed by atoms with Crippen molar-refractivity contribution in [2.24, 2.45) is 0 Å². The summed E-state index contributed by atoms with van der Waals surface area (Å²) in [6.07, 6.45) is 0.464. The molecule has 8 heteroatoms. The molecule has 1 aromatic rings. The fraction of sp³-hybridized carbons (Fsp3) is 0.562. The number of sulfone groups is 1. The topological polar surface area (TPSA) is 72.9 Å². The first-order valence-electron chi connectivity index (χ1n) is 7.70. The standard InChI is InChI=1S/C16H22BrNO5S/c1-12-3-4-15(14(17)9-12)23-10-16(19)18(6-7-22-2)13-5-8-24(20,21)11-13/h3-4,9,13H,5-8,10-11H2,1-2H3. The van der Waals surface area contributed by atoms with E-state index in [9.17, 15) is 13.2 Å². The van der Waals surface area contributed by atoms with Crippen molar-refractivity contribution in [2.45, 2.75) is 19.4 Å². The van der Waals surface area contributed by atoms with E-state index in [1.165, 1.54) is 0 Å². The van der Waals surface area contributed by atoms with Crippen molar-refractivity contribution in [1.82, 2.24) is 4.90 Å². The highest BCUT2D eigenvalue weighted by molar-refractivity contribution is 9.10. The number of methoxy groups -OCH3 is 1. The molecule has 1 atom stereocenters. The highest BCUT2D eigenvalue weighted by atomic mass is 79.9. The van der Waals surface area contributed by atoms with Crippen molar-refractivity contribution in [3.8, 4) is 5.75 Å². The Hall–Kier alpha value is -1.12. The van der Waals surface area contributed by atoms with Crippen LogP contribution in [0.3, 0.4) is 0 Å². The van der Waals surface area contributed by atoms with E-state index >= 15 is 0 Å². The first kappa shape index (κ1) is 19.2. The minimum absolute atomic E-state index is 0.0106. The third kappa shape index (κ3) is 5.19. The molecule has 0 N–H and O–H groups in total. The van der Waals surface area contributed by atoms with Gasteiger partial charge in [-0.1, -0.05) is 6.07 Å². The van der Waals surface area contributed by atoms with Crippen LogP contribution in [0.5, 0.6) is 5.75 Å². The molecule has 0 aliphatic carbocycles. The largest absolute Gasteiger partial charge is 0.483 e. The molecule has 0 spiro atoms. The number of ether oxygens (including phenoxy) is 2. The second-order valence-electron chi connectivity index (χ2n) is 5.86. The fourth-order valence-corrected chi connectivity index (χ4v) is 5.01. The van der Waals surface area contributed by atoms with Gasteiger partial charge in [-0.25, -0.2) is 8.42 Å². The summed E-state index contributed by atoms with van der Waals surface area (Å²) in [6, 6.07) is 5.30. The van der Waals surface area contributed by atoms with Gasteiger partial charge < -0.3 is 14.4 Å². The maximum atomic E-state index is 12.5. The Morgan fingerprint density at radius 2 is 2.17 bits per heavy atom. The highest BCUT2D eigenvalue weighted by Gasteiger charge is 2.34. The van der Waals surface area contributed by atoms with E-state index in [-0.39, 0.29) is 30.1 Å². The smallest absolute Gasteiger partial charge is 0.260 e. The van der Waals surface area contributed by atoms with Crippen LogP contribution in [0.15, 0.2) is 22.7 Å². The van der Waals surface area contributed by atoms with Crippen LogP contribution in [0.1, 0.15) is 12.0 Å². The lowest BCUT2D eigenvalue weighted by molar-refractivity contribution is -0.136. The van der Waals surface area contributed by atoms with Crippen molar-refractivity contribution in [2.75, 3.05) is 38.4 Å². The quantitative estimate of drug-likeness (QED) is 0.673. The molecule has 6 nitrogen and oxygen atoms in total. The summed E-state index contributed by atoms with van der Waals surface area (Å²) in [5.74, 6) is 0.483. The molecule has 0 saturated carbocycles. The average Bonchev–Trinajstić information content (AvgIpc) is 2.86. The number of amides is 1. The van der Waals surface area contributed by atoms with E-state index in [2.05, 4.69) is 15.9 Å². The van der Waals surface area contributed by atoms with E-state index in [4.69, 9.17) is 9.47 Å². The van der Waals surface area contributed by atoms with Gasteiger partial charge in [0, 0.05) is 19.7 Å². The van der Waals surface area contributed by atoms with Crippen molar-refractivity contribution in [3.63, 3.8) is 0 Å². The average molecular weight is 420 g/mol. The predicted octanol–water partition coefficient (Wildman–Crippen LogP) is 1.80. The van der Waals surface area contributed by atoms with Gasteiger partial charge in [0.25, 0.3) is 5.91 Å². The van der Waals surface area contributed by atoms with Crippen LogP contribution in [0.4, 0.5) is 0 Å². The zero-order chi connectivity index (χ0) is 17.7. The molecule has 24 heavy (non-hydrogen) atoms. The molecule has 1 fully saturated rings. The predicted molar refractivity (Wildman–Crippen MR) is 95.0 cm³/mol. The molecule has 2 rings (SSSR count). The molecule has 0 aromatic heterocycles. The van der Waals surface area contributed by atoms with Crippen LogP contribution in [0, 0.1) is 6.92 Å². The minimum atomic E-state index is -3.06. The summed E-state index contributed by atoms with van der Waals surface area (Å²) in [7, 11) is -1.51. The van der Waals surface area contributed by atoms with Gasteiger partial charge in [0.2, 0.25) is 0 Å². The molecule has 0 radical (unpaired) electrons. The van der Waals surface area contributed by atoms with Crippen LogP contribution in [-0.2, 0) is 19.4 Å². The van der Waals surface area contributed by atoms with E-state index in [1.807, 2.05) is 19.1 Å². The fourth-order valence-electron chi connectivity index (χ4n) is 2.67. The Bertz CT molecular complexity index is 692. The van der Waals surface area contributed by atoms with Crippen molar-refractivity contribution in [1.29, 1.82) is 0 Å². The van der Waals surface area contributed by atoms with Crippen LogP contribution in [0.25, 0.3) is 0 Å². The number of aryl methyl sites for hydroxylation is 1. The molecule has 1 aromatic carbocycles. The summed E-state index contributed by atoms with van der Waals surface area (Å²) in [5.41, 5.74) is 1.08. The van der Waals surface area contributed by atoms with Gasteiger partial charge in [-0.05, 0) is 47.0 Å². The molecule has 1 unspecified atom stereocenters. The maximum absolute atomic E-state index is 12.5. The van der Waals surface area contributed by atoms with Gasteiger partial charge in [-0.2, -0.15) is 0 Å². The van der Waals surface area contributed by atoms with Gasteiger partial charge in [0.1, 0.15) is 5.75 Å². The Morgan fingerprint density at radius 1 is 1.42 bits per heavy atom. The number of rotatable bonds is 7. The molecule has 1 saturated heterocycles. The van der Waals surface area contributed by atoms with Crippen molar-refractivity contribution in [3.05, 3.63) is 28.2 Å². The maximum Gasteiger partial charge on any atom is 0.260 e. The van der Waals surface area contributed by atoms with Crippen LogP contribution in [0.2, 0.25) is 0 Å².